The van der Waals surface area contributed by atoms with Gasteiger partial charge in [-0.3, -0.25) is 5.43 Å². The van der Waals surface area contributed by atoms with Crippen LogP contribution in [0.3, 0.4) is 0 Å². The highest BCUT2D eigenvalue weighted by atomic mass is 19.4. The van der Waals surface area contributed by atoms with Gasteiger partial charge in [-0.1, -0.05) is 0 Å². The van der Waals surface area contributed by atoms with E-state index in [1.165, 1.54) is 30.3 Å². The van der Waals surface area contributed by atoms with Crippen molar-refractivity contribution in [1.29, 1.82) is 10.5 Å². The third kappa shape index (κ3) is 4.69. The molecule has 0 radical (unpaired) electrons. The number of benzene rings is 2. The highest BCUT2D eigenvalue weighted by molar-refractivity contribution is 6.10. The molecule has 0 aliphatic heterocycles. The van der Waals surface area contributed by atoms with Crippen LogP contribution in [0.2, 0.25) is 0 Å². The number of ether oxygens (including phenoxy) is 1. The summed E-state index contributed by atoms with van der Waals surface area (Å²) in [6.07, 6.45) is -4.74. The Kier molecular flexibility index (Phi) is 5.20. The summed E-state index contributed by atoms with van der Waals surface area (Å²) in [5, 5.41) is 20.4. The molecule has 0 amide bonds. The lowest BCUT2D eigenvalue weighted by molar-refractivity contribution is -0.137. The maximum atomic E-state index is 13.2. The van der Waals surface area contributed by atoms with Crippen molar-refractivity contribution in [2.24, 2.45) is 5.10 Å². The third-order valence-corrected chi connectivity index (χ3v) is 2.85. The number of alkyl halides is 3. The molecule has 0 atom stereocenters. The summed E-state index contributed by atoms with van der Waals surface area (Å²) in [6, 6.07) is 10.6. The molecule has 0 aliphatic rings. The van der Waals surface area contributed by atoms with Gasteiger partial charge in [-0.15, -0.1) is 0 Å². The Hall–Kier alpha value is -3.59. The minimum Gasteiger partial charge on any atom is -0.457 e. The van der Waals surface area contributed by atoms with Crippen LogP contribution in [0.15, 0.2) is 47.6 Å². The molecule has 2 aromatic rings. The number of anilines is 1. The van der Waals surface area contributed by atoms with E-state index >= 15 is 0 Å². The molecule has 1 N–H and O–H groups in total. The van der Waals surface area contributed by atoms with E-state index in [4.69, 9.17) is 15.3 Å². The Bertz CT molecular complexity index is 861. The first-order valence-electron chi connectivity index (χ1n) is 6.62. The van der Waals surface area contributed by atoms with Crippen LogP contribution in [0.4, 0.5) is 23.2 Å². The molecule has 0 saturated heterocycles. The second-order valence-corrected chi connectivity index (χ2v) is 4.56. The molecule has 0 heterocycles. The van der Waals surface area contributed by atoms with Crippen molar-refractivity contribution in [1.82, 2.24) is 0 Å². The van der Waals surface area contributed by atoms with Gasteiger partial charge >= 0.3 is 6.18 Å². The van der Waals surface area contributed by atoms with Crippen molar-refractivity contribution >= 4 is 11.4 Å². The molecule has 0 saturated carbocycles. The lowest BCUT2D eigenvalue weighted by Crippen LogP contribution is -2.09. The number of nitrogens with one attached hydrogen (secondary N) is 1. The fraction of sp³-hybridized carbons (Fsp3) is 0.0625. The highest BCUT2D eigenvalue weighted by Crippen LogP contribution is 2.38. The quantitative estimate of drug-likeness (QED) is 0.503. The molecule has 0 fully saturated rings. The van der Waals surface area contributed by atoms with Gasteiger partial charge in [0.05, 0.1) is 11.3 Å². The van der Waals surface area contributed by atoms with Gasteiger partial charge in [0.2, 0.25) is 5.71 Å². The van der Waals surface area contributed by atoms with Crippen molar-refractivity contribution in [3.05, 3.63) is 53.8 Å². The first-order chi connectivity index (χ1) is 11.8. The summed E-state index contributed by atoms with van der Waals surface area (Å²) in [7, 11) is 0. The molecule has 5 nitrogen and oxygen atoms in total. The van der Waals surface area contributed by atoms with Crippen LogP contribution in [0, 0.1) is 28.5 Å². The van der Waals surface area contributed by atoms with E-state index in [9.17, 15) is 17.6 Å². The maximum absolute atomic E-state index is 13.2. The average Bonchev–Trinajstić information content (AvgIpc) is 2.58. The highest BCUT2D eigenvalue weighted by Gasteiger charge is 2.34. The van der Waals surface area contributed by atoms with Crippen LogP contribution in [-0.2, 0) is 6.18 Å². The normalized spacial score (nSPS) is 10.3. The molecule has 0 aliphatic carbocycles. The minimum absolute atomic E-state index is 0.130. The van der Waals surface area contributed by atoms with Gasteiger partial charge in [-0.2, -0.15) is 28.8 Å². The molecule has 2 aromatic carbocycles. The number of hydrazone groups is 1. The number of nitrogens with zero attached hydrogens (tertiary/aromatic N) is 3. The summed E-state index contributed by atoms with van der Waals surface area (Å²) < 4.78 is 57.6. The number of hydrogen-bond donors (Lipinski definition) is 1. The van der Waals surface area contributed by atoms with Gasteiger partial charge in [0.25, 0.3) is 0 Å². The van der Waals surface area contributed by atoms with Gasteiger partial charge in [-0.05, 0) is 42.5 Å². The fourth-order valence-electron chi connectivity index (χ4n) is 1.75. The number of hydrogen-bond acceptors (Lipinski definition) is 5. The van der Waals surface area contributed by atoms with Crippen LogP contribution < -0.4 is 10.2 Å². The third-order valence-electron chi connectivity index (χ3n) is 2.85. The standard InChI is InChI=1S/C16H8F4N4O/c17-10-1-3-12(4-2-10)25-13-5-6-15(14(7-13)16(18,19)20)24-23-11(8-21)9-22/h1-7,24H. The molecule has 2 rings (SSSR count). The average molecular weight is 348 g/mol. The number of nitriles is 2. The predicted molar refractivity (Wildman–Crippen MR) is 80.2 cm³/mol. The Morgan fingerprint density at radius 1 is 1.00 bits per heavy atom. The van der Waals surface area contributed by atoms with E-state index in [-0.39, 0.29) is 11.5 Å². The zero-order valence-corrected chi connectivity index (χ0v) is 12.3. The molecule has 9 heteroatoms. The molecule has 25 heavy (non-hydrogen) atoms. The lowest BCUT2D eigenvalue weighted by Gasteiger charge is -2.14. The van der Waals surface area contributed by atoms with Gasteiger partial charge in [0.15, 0.2) is 0 Å². The van der Waals surface area contributed by atoms with Crippen molar-refractivity contribution in [3.63, 3.8) is 0 Å². The molecule has 0 bridgehead atoms. The summed E-state index contributed by atoms with van der Waals surface area (Å²) in [5.41, 5.74) is -0.149. The summed E-state index contributed by atoms with van der Waals surface area (Å²) in [4.78, 5) is 0. The molecule has 0 spiro atoms. The predicted octanol–water partition coefficient (Wildman–Crippen LogP) is 4.45. The molecule has 126 valence electrons. The Labute approximate surface area is 139 Å². The first-order valence-corrected chi connectivity index (χ1v) is 6.62. The lowest BCUT2D eigenvalue weighted by atomic mass is 10.1. The van der Waals surface area contributed by atoms with Crippen LogP contribution in [0.1, 0.15) is 5.56 Å². The van der Waals surface area contributed by atoms with Crippen molar-refractivity contribution in [2.45, 2.75) is 6.18 Å². The van der Waals surface area contributed by atoms with Gasteiger partial charge in [0.1, 0.15) is 29.5 Å². The zero-order valence-electron chi connectivity index (χ0n) is 12.3. The summed E-state index contributed by atoms with van der Waals surface area (Å²) in [5.74, 6) is -0.481. The second kappa shape index (κ2) is 7.32. The number of rotatable bonds is 4. The van der Waals surface area contributed by atoms with Crippen molar-refractivity contribution < 1.29 is 22.3 Å². The Balaban J connectivity index is 2.34. The molecule has 0 aromatic heterocycles. The SMILES string of the molecule is N#CC(C#N)=NNc1ccc(Oc2ccc(F)cc2)cc1C(F)(F)F. The summed E-state index contributed by atoms with van der Waals surface area (Å²) in [6.45, 7) is 0. The van der Waals surface area contributed by atoms with E-state index in [0.717, 1.165) is 24.3 Å². The summed E-state index contributed by atoms with van der Waals surface area (Å²) >= 11 is 0. The van der Waals surface area contributed by atoms with Gasteiger partial charge < -0.3 is 4.74 Å². The van der Waals surface area contributed by atoms with Crippen LogP contribution >= 0.6 is 0 Å². The van der Waals surface area contributed by atoms with Crippen LogP contribution in [0.5, 0.6) is 11.5 Å². The largest absolute Gasteiger partial charge is 0.457 e. The van der Waals surface area contributed by atoms with Crippen LogP contribution in [0.25, 0.3) is 0 Å². The van der Waals surface area contributed by atoms with Crippen LogP contribution in [-0.4, -0.2) is 5.71 Å². The number of halogens is 4. The van der Waals surface area contributed by atoms with Crippen molar-refractivity contribution in [2.75, 3.05) is 5.43 Å². The van der Waals surface area contributed by atoms with Crippen molar-refractivity contribution in [3.8, 4) is 23.6 Å². The van der Waals surface area contributed by atoms with E-state index < -0.39 is 29.0 Å². The van der Waals surface area contributed by atoms with Gasteiger partial charge in [0, 0.05) is 0 Å². The first kappa shape index (κ1) is 17.8. The van der Waals surface area contributed by atoms with E-state index in [2.05, 4.69) is 5.10 Å². The van der Waals surface area contributed by atoms with E-state index in [1.807, 2.05) is 5.43 Å². The monoisotopic (exact) mass is 348 g/mol. The van der Waals surface area contributed by atoms with E-state index in [1.54, 1.807) is 0 Å². The Morgan fingerprint density at radius 3 is 2.16 bits per heavy atom. The van der Waals surface area contributed by atoms with Gasteiger partial charge in [-0.25, -0.2) is 4.39 Å². The van der Waals surface area contributed by atoms with E-state index in [0.29, 0.717) is 0 Å². The Morgan fingerprint density at radius 2 is 1.60 bits per heavy atom. The fourth-order valence-corrected chi connectivity index (χ4v) is 1.75. The smallest absolute Gasteiger partial charge is 0.418 e. The molecular formula is C16H8F4N4O. The molecular weight excluding hydrogens is 340 g/mol. The second-order valence-electron chi connectivity index (χ2n) is 4.56. The molecule has 0 unspecified atom stereocenters. The minimum atomic E-state index is -4.74. The topological polar surface area (TPSA) is 81.2 Å². The maximum Gasteiger partial charge on any atom is 0.418 e. The zero-order chi connectivity index (χ0) is 18.4.